The van der Waals surface area contributed by atoms with Crippen molar-refractivity contribution in [2.75, 3.05) is 33.7 Å². The van der Waals surface area contributed by atoms with E-state index in [1.54, 1.807) is 0 Å². The number of hydrogen-bond donors (Lipinski definition) is 2. The number of benzene rings is 1. The van der Waals surface area contributed by atoms with E-state index in [-0.39, 0.29) is 0 Å². The van der Waals surface area contributed by atoms with E-state index in [1.165, 1.54) is 11.1 Å². The van der Waals surface area contributed by atoms with Gasteiger partial charge in [0.2, 0.25) is 0 Å². The predicted octanol–water partition coefficient (Wildman–Crippen LogP) is 3.31. The first-order valence-electron chi connectivity index (χ1n) is 10.3. The summed E-state index contributed by atoms with van der Waals surface area (Å²) in [5.74, 6) is 0.901. The third-order valence-corrected chi connectivity index (χ3v) is 4.57. The maximum absolute atomic E-state index is 4.80. The molecule has 154 valence electrons. The monoisotopic (exact) mass is 375 g/mol. The average molecular weight is 376 g/mol. The van der Waals surface area contributed by atoms with Crippen LogP contribution in [0.4, 0.5) is 0 Å². The molecule has 0 amide bonds. The predicted molar refractivity (Wildman–Crippen MR) is 118 cm³/mol. The lowest BCUT2D eigenvalue weighted by Crippen LogP contribution is -2.41. The molecule has 5 heteroatoms. The molecule has 0 bridgehead atoms. The second kappa shape index (κ2) is 12.7. The molecule has 1 rings (SSSR count). The minimum atomic E-state index is 0.583. The maximum atomic E-state index is 4.80. The normalized spacial score (nSPS) is 12.5. The number of guanidine groups is 1. The standard InChI is InChI=1S/C22H41N5/c1-8-23-22(24-14-11-15-27(18(2)3)19(4)5)25-16-20-12-9-10-13-21(20)17-26(6)7/h9-10,12-13,18-19H,8,11,14-17H2,1-7H3,(H2,23,24,25). The van der Waals surface area contributed by atoms with Gasteiger partial charge in [0.15, 0.2) is 5.96 Å². The molecule has 0 unspecified atom stereocenters. The molecule has 5 nitrogen and oxygen atoms in total. The fraction of sp³-hybridized carbons (Fsp3) is 0.682. The molecule has 0 radical (unpaired) electrons. The zero-order chi connectivity index (χ0) is 20.2. The van der Waals surface area contributed by atoms with Gasteiger partial charge >= 0.3 is 0 Å². The Hall–Kier alpha value is -1.59. The van der Waals surface area contributed by atoms with E-state index in [9.17, 15) is 0 Å². The average Bonchev–Trinajstić information content (AvgIpc) is 2.59. The van der Waals surface area contributed by atoms with Gasteiger partial charge in [0.05, 0.1) is 6.54 Å². The van der Waals surface area contributed by atoms with Crippen LogP contribution in [-0.4, -0.2) is 61.6 Å². The van der Waals surface area contributed by atoms with Crippen LogP contribution in [0.1, 0.15) is 52.2 Å². The second-order valence-electron chi connectivity index (χ2n) is 7.91. The van der Waals surface area contributed by atoms with Crippen LogP contribution in [0.3, 0.4) is 0 Å². The molecule has 0 aliphatic carbocycles. The molecular weight excluding hydrogens is 334 g/mol. The van der Waals surface area contributed by atoms with Crippen LogP contribution in [0.2, 0.25) is 0 Å². The summed E-state index contributed by atoms with van der Waals surface area (Å²) >= 11 is 0. The lowest BCUT2D eigenvalue weighted by molar-refractivity contribution is 0.173. The Morgan fingerprint density at radius 1 is 1.00 bits per heavy atom. The third-order valence-electron chi connectivity index (χ3n) is 4.57. The summed E-state index contributed by atoms with van der Waals surface area (Å²) in [5.41, 5.74) is 2.63. The summed E-state index contributed by atoms with van der Waals surface area (Å²) in [6, 6.07) is 9.73. The van der Waals surface area contributed by atoms with E-state index in [1.807, 2.05) is 0 Å². The molecule has 0 saturated heterocycles. The Morgan fingerprint density at radius 2 is 1.63 bits per heavy atom. The van der Waals surface area contributed by atoms with Crippen molar-refractivity contribution in [3.05, 3.63) is 35.4 Å². The van der Waals surface area contributed by atoms with E-state index in [4.69, 9.17) is 4.99 Å². The Morgan fingerprint density at radius 3 is 2.19 bits per heavy atom. The van der Waals surface area contributed by atoms with Gasteiger partial charge in [0.1, 0.15) is 0 Å². The first-order chi connectivity index (χ1) is 12.8. The van der Waals surface area contributed by atoms with E-state index in [2.05, 4.69) is 93.4 Å². The van der Waals surface area contributed by atoms with Gasteiger partial charge in [-0.15, -0.1) is 0 Å². The lowest BCUT2D eigenvalue weighted by atomic mass is 10.1. The minimum Gasteiger partial charge on any atom is -0.357 e. The third kappa shape index (κ3) is 9.25. The molecule has 0 aliphatic rings. The number of rotatable bonds is 11. The fourth-order valence-corrected chi connectivity index (χ4v) is 3.29. The highest BCUT2D eigenvalue weighted by Gasteiger charge is 2.12. The molecule has 0 aliphatic heterocycles. The summed E-state index contributed by atoms with van der Waals surface area (Å²) in [5, 5.41) is 6.85. The molecular formula is C22H41N5. The second-order valence-corrected chi connectivity index (χ2v) is 7.91. The SMILES string of the molecule is CCNC(=NCc1ccccc1CN(C)C)NCCCN(C(C)C)C(C)C. The van der Waals surface area contributed by atoms with Gasteiger partial charge in [-0.3, -0.25) is 4.90 Å². The highest BCUT2D eigenvalue weighted by Crippen LogP contribution is 2.11. The topological polar surface area (TPSA) is 42.9 Å². The zero-order valence-electron chi connectivity index (χ0n) is 18.5. The van der Waals surface area contributed by atoms with Crippen molar-refractivity contribution < 1.29 is 0 Å². The fourth-order valence-electron chi connectivity index (χ4n) is 3.29. The van der Waals surface area contributed by atoms with E-state index in [0.29, 0.717) is 18.6 Å². The molecule has 0 saturated carbocycles. The summed E-state index contributed by atoms with van der Waals surface area (Å²) in [6.07, 6.45) is 1.11. The molecule has 0 heterocycles. The Bertz CT molecular complexity index is 543. The highest BCUT2D eigenvalue weighted by atomic mass is 15.2. The molecule has 0 spiro atoms. The van der Waals surface area contributed by atoms with Crippen molar-refractivity contribution >= 4 is 5.96 Å². The van der Waals surface area contributed by atoms with E-state index in [0.717, 1.165) is 38.6 Å². The van der Waals surface area contributed by atoms with Gasteiger partial charge in [0.25, 0.3) is 0 Å². The molecule has 0 fully saturated rings. The van der Waals surface area contributed by atoms with Gasteiger partial charge in [-0.1, -0.05) is 24.3 Å². The Balaban J connectivity index is 2.60. The first-order valence-corrected chi connectivity index (χ1v) is 10.3. The van der Waals surface area contributed by atoms with E-state index >= 15 is 0 Å². The van der Waals surface area contributed by atoms with E-state index < -0.39 is 0 Å². The summed E-state index contributed by atoms with van der Waals surface area (Å²) in [7, 11) is 4.20. The summed E-state index contributed by atoms with van der Waals surface area (Å²) < 4.78 is 0. The zero-order valence-corrected chi connectivity index (χ0v) is 18.5. The van der Waals surface area contributed by atoms with Gasteiger partial charge in [-0.05, 0) is 66.3 Å². The molecule has 27 heavy (non-hydrogen) atoms. The van der Waals surface area contributed by atoms with Crippen LogP contribution < -0.4 is 10.6 Å². The van der Waals surface area contributed by atoms with Gasteiger partial charge < -0.3 is 15.5 Å². The number of aliphatic imine (C=N–C) groups is 1. The van der Waals surface area contributed by atoms with Crippen molar-refractivity contribution in [1.29, 1.82) is 0 Å². The van der Waals surface area contributed by atoms with Crippen LogP contribution in [0.25, 0.3) is 0 Å². The van der Waals surface area contributed by atoms with Crippen molar-refractivity contribution in [3.63, 3.8) is 0 Å². The molecule has 0 atom stereocenters. The minimum absolute atomic E-state index is 0.583. The van der Waals surface area contributed by atoms with Crippen molar-refractivity contribution in [3.8, 4) is 0 Å². The molecule has 0 aromatic heterocycles. The van der Waals surface area contributed by atoms with Crippen LogP contribution >= 0.6 is 0 Å². The highest BCUT2D eigenvalue weighted by molar-refractivity contribution is 5.79. The Kier molecular flexibility index (Phi) is 11.1. The Labute approximate surface area is 167 Å². The van der Waals surface area contributed by atoms with Gasteiger partial charge in [-0.25, -0.2) is 4.99 Å². The van der Waals surface area contributed by atoms with Crippen LogP contribution in [0.5, 0.6) is 0 Å². The number of nitrogens with zero attached hydrogens (tertiary/aromatic N) is 3. The van der Waals surface area contributed by atoms with Gasteiger partial charge in [0, 0.05) is 38.3 Å². The van der Waals surface area contributed by atoms with Crippen molar-refractivity contribution in [1.82, 2.24) is 20.4 Å². The van der Waals surface area contributed by atoms with Gasteiger partial charge in [-0.2, -0.15) is 0 Å². The maximum Gasteiger partial charge on any atom is 0.191 e. The number of hydrogen-bond acceptors (Lipinski definition) is 3. The first kappa shape index (κ1) is 23.4. The van der Waals surface area contributed by atoms with Crippen LogP contribution in [0.15, 0.2) is 29.3 Å². The summed E-state index contributed by atoms with van der Waals surface area (Å²) in [6.45, 7) is 15.7. The lowest BCUT2D eigenvalue weighted by Gasteiger charge is -2.30. The summed E-state index contributed by atoms with van der Waals surface area (Å²) in [4.78, 5) is 9.53. The number of nitrogens with one attached hydrogen (secondary N) is 2. The molecule has 1 aromatic carbocycles. The van der Waals surface area contributed by atoms with Crippen molar-refractivity contribution in [2.24, 2.45) is 4.99 Å². The smallest absolute Gasteiger partial charge is 0.191 e. The van der Waals surface area contributed by atoms with Crippen molar-refractivity contribution in [2.45, 2.75) is 66.2 Å². The van der Waals surface area contributed by atoms with Crippen LogP contribution in [-0.2, 0) is 13.1 Å². The molecule has 2 N–H and O–H groups in total. The largest absolute Gasteiger partial charge is 0.357 e. The van der Waals surface area contributed by atoms with Crippen LogP contribution in [0, 0.1) is 0 Å². The molecule has 1 aromatic rings. The quantitative estimate of drug-likeness (QED) is 0.354.